The number of nitrogens with one attached hydrogen (secondary N) is 1. The van der Waals surface area contributed by atoms with Crippen molar-refractivity contribution >= 4 is 34.7 Å². The van der Waals surface area contributed by atoms with Gasteiger partial charge in [-0.3, -0.25) is 9.59 Å². The molecule has 1 atom stereocenters. The minimum absolute atomic E-state index is 0.0704. The van der Waals surface area contributed by atoms with E-state index in [9.17, 15) is 9.59 Å². The van der Waals surface area contributed by atoms with Gasteiger partial charge in [0.25, 0.3) is 0 Å². The van der Waals surface area contributed by atoms with Crippen molar-refractivity contribution in [3.63, 3.8) is 0 Å². The second kappa shape index (κ2) is 7.93. The summed E-state index contributed by atoms with van der Waals surface area (Å²) in [4.78, 5) is 37.5. The van der Waals surface area contributed by atoms with Crippen LogP contribution in [0.3, 0.4) is 0 Å². The highest BCUT2D eigenvalue weighted by Crippen LogP contribution is 2.47. The van der Waals surface area contributed by atoms with Crippen LogP contribution in [-0.4, -0.2) is 41.0 Å². The molecule has 2 saturated heterocycles. The Balaban J connectivity index is 1.21. The molecule has 0 aliphatic carbocycles. The van der Waals surface area contributed by atoms with Crippen LogP contribution in [0.25, 0.3) is 11.1 Å². The van der Waals surface area contributed by atoms with E-state index in [4.69, 9.17) is 9.47 Å². The summed E-state index contributed by atoms with van der Waals surface area (Å²) in [5, 5.41) is 3.34. The summed E-state index contributed by atoms with van der Waals surface area (Å²) in [5.41, 5.74) is 4.65. The molecule has 7 rings (SSSR count). The topological polar surface area (TPSA) is 96.9 Å². The van der Waals surface area contributed by atoms with Gasteiger partial charge in [-0.05, 0) is 51.0 Å². The van der Waals surface area contributed by atoms with Crippen LogP contribution in [0.5, 0.6) is 11.6 Å². The van der Waals surface area contributed by atoms with Crippen molar-refractivity contribution in [1.82, 2.24) is 9.97 Å². The second-order valence-electron chi connectivity index (χ2n) is 10.5. The van der Waals surface area contributed by atoms with Gasteiger partial charge in [-0.1, -0.05) is 0 Å². The molecular weight excluding hydrogens is 470 g/mol. The van der Waals surface area contributed by atoms with Crippen molar-refractivity contribution in [3.05, 3.63) is 48.3 Å². The predicted molar refractivity (Wildman–Crippen MR) is 138 cm³/mol. The molecule has 2 amide bonds. The molecular formula is C28H27N5O4. The first-order valence-electron chi connectivity index (χ1n) is 12.7. The van der Waals surface area contributed by atoms with E-state index in [2.05, 4.69) is 15.3 Å². The van der Waals surface area contributed by atoms with Crippen LogP contribution >= 0.6 is 0 Å². The smallest absolute Gasteiger partial charge is 0.238 e. The number of nitrogens with zero attached hydrogens (tertiary/aromatic N) is 4. The van der Waals surface area contributed by atoms with E-state index in [1.807, 2.05) is 60.2 Å². The number of hydrogen-bond donors (Lipinski definition) is 1. The lowest BCUT2D eigenvalue weighted by atomic mass is 9.87. The summed E-state index contributed by atoms with van der Waals surface area (Å²) in [6, 6.07) is 9.92. The van der Waals surface area contributed by atoms with E-state index in [-0.39, 0.29) is 17.9 Å². The van der Waals surface area contributed by atoms with Gasteiger partial charge in [0.1, 0.15) is 29.5 Å². The van der Waals surface area contributed by atoms with Crippen LogP contribution in [0.2, 0.25) is 0 Å². The van der Waals surface area contributed by atoms with Gasteiger partial charge in [-0.15, -0.1) is 0 Å². The summed E-state index contributed by atoms with van der Waals surface area (Å²) in [6.07, 6.45) is 6.36. The van der Waals surface area contributed by atoms with Crippen LogP contribution in [0.1, 0.15) is 45.1 Å². The average molecular weight is 498 g/mol. The molecule has 9 heteroatoms. The lowest BCUT2D eigenvalue weighted by Crippen LogP contribution is -2.40. The fourth-order valence-corrected chi connectivity index (χ4v) is 5.82. The Bertz CT molecular complexity index is 1470. The molecule has 6 heterocycles. The monoisotopic (exact) mass is 497 g/mol. The summed E-state index contributed by atoms with van der Waals surface area (Å²) in [7, 11) is 0. The maximum Gasteiger partial charge on any atom is 0.238 e. The first-order valence-corrected chi connectivity index (χ1v) is 12.7. The number of amides is 2. The van der Waals surface area contributed by atoms with E-state index in [0.717, 1.165) is 53.2 Å². The molecule has 4 aliphatic heterocycles. The van der Waals surface area contributed by atoms with Crippen LogP contribution in [0.15, 0.2) is 42.7 Å². The number of aromatic nitrogens is 2. The van der Waals surface area contributed by atoms with E-state index in [1.54, 1.807) is 6.20 Å². The van der Waals surface area contributed by atoms with Crippen molar-refractivity contribution in [1.29, 1.82) is 0 Å². The van der Waals surface area contributed by atoms with E-state index in [1.165, 1.54) is 0 Å². The second-order valence-corrected chi connectivity index (χ2v) is 10.5. The van der Waals surface area contributed by atoms with Crippen LogP contribution < -0.4 is 24.6 Å². The maximum atomic E-state index is 12.5. The Hall–Kier alpha value is -4.14. The number of pyridine rings is 2. The van der Waals surface area contributed by atoms with Crippen LogP contribution in [0, 0.1) is 0 Å². The molecule has 0 saturated carbocycles. The Morgan fingerprint density at radius 1 is 1.03 bits per heavy atom. The van der Waals surface area contributed by atoms with Crippen LogP contribution in [0.4, 0.5) is 22.9 Å². The lowest BCUT2D eigenvalue weighted by molar-refractivity contribution is -0.118. The largest absolute Gasteiger partial charge is 0.482 e. The Labute approximate surface area is 214 Å². The molecule has 0 radical (unpaired) electrons. The summed E-state index contributed by atoms with van der Waals surface area (Å²) in [5.74, 6) is 2.15. The fraction of sp³-hybridized carbons (Fsp3) is 0.357. The number of carbonyl (C=O) groups excluding carboxylic acids is 2. The summed E-state index contributed by atoms with van der Waals surface area (Å²) in [6.45, 7) is 5.29. The zero-order chi connectivity index (χ0) is 25.3. The summed E-state index contributed by atoms with van der Waals surface area (Å²) < 4.78 is 12.2. The molecule has 4 aliphatic rings. The molecule has 0 unspecified atom stereocenters. The van der Waals surface area contributed by atoms with Gasteiger partial charge < -0.3 is 24.6 Å². The number of anilines is 4. The molecule has 0 bridgehead atoms. The van der Waals surface area contributed by atoms with E-state index < -0.39 is 5.60 Å². The van der Waals surface area contributed by atoms with Gasteiger partial charge in [-0.25, -0.2) is 9.97 Å². The summed E-state index contributed by atoms with van der Waals surface area (Å²) >= 11 is 0. The first-order chi connectivity index (χ1) is 17.9. The zero-order valence-electron chi connectivity index (χ0n) is 20.8. The van der Waals surface area contributed by atoms with Gasteiger partial charge >= 0.3 is 0 Å². The number of rotatable bonds is 3. The van der Waals surface area contributed by atoms with Gasteiger partial charge in [0.05, 0.1) is 17.9 Å². The number of hydrogen-bond acceptors (Lipinski definition) is 7. The van der Waals surface area contributed by atoms with Crippen molar-refractivity contribution in [2.45, 2.75) is 51.2 Å². The third kappa shape index (κ3) is 3.52. The molecule has 0 spiro atoms. The quantitative estimate of drug-likeness (QED) is 0.568. The fourth-order valence-electron chi connectivity index (χ4n) is 5.82. The van der Waals surface area contributed by atoms with Crippen LogP contribution in [-0.2, 0) is 15.2 Å². The highest BCUT2D eigenvalue weighted by Gasteiger charge is 2.38. The SMILES string of the molecule is CC1(C)Oc2cc(N3CCCC3=O)ccc2-c2cnc(Nc3cnc4c(c3)N3C(=O)CC[C@@H]3CO4)cc21. The number of benzene rings is 1. The van der Waals surface area contributed by atoms with E-state index in [0.29, 0.717) is 36.8 Å². The minimum Gasteiger partial charge on any atom is -0.482 e. The van der Waals surface area contributed by atoms with Crippen molar-refractivity contribution < 1.29 is 19.1 Å². The molecule has 2 fully saturated rings. The highest BCUT2D eigenvalue weighted by atomic mass is 16.5. The van der Waals surface area contributed by atoms with Gasteiger partial charge in [-0.2, -0.15) is 0 Å². The molecule has 2 aromatic heterocycles. The van der Waals surface area contributed by atoms with Crippen molar-refractivity contribution in [2.75, 3.05) is 28.3 Å². The molecule has 9 nitrogen and oxygen atoms in total. The molecule has 1 N–H and O–H groups in total. The van der Waals surface area contributed by atoms with Gasteiger partial charge in [0.15, 0.2) is 0 Å². The number of fused-ring (bicyclic) bond motifs is 6. The lowest BCUT2D eigenvalue weighted by Gasteiger charge is -2.35. The minimum atomic E-state index is -0.605. The molecule has 3 aromatic rings. The number of carbonyl (C=O) groups is 2. The van der Waals surface area contributed by atoms with Crippen molar-refractivity contribution in [3.8, 4) is 22.8 Å². The zero-order valence-corrected chi connectivity index (χ0v) is 20.8. The first kappa shape index (κ1) is 22.1. The maximum absolute atomic E-state index is 12.5. The Morgan fingerprint density at radius 2 is 1.92 bits per heavy atom. The molecule has 1 aromatic carbocycles. The average Bonchev–Trinajstić information content (AvgIpc) is 3.49. The van der Waals surface area contributed by atoms with Crippen molar-refractivity contribution in [2.24, 2.45) is 0 Å². The third-order valence-electron chi connectivity index (χ3n) is 7.66. The normalized spacial score (nSPS) is 21.0. The Kier molecular flexibility index (Phi) is 4.73. The van der Waals surface area contributed by atoms with Gasteiger partial charge in [0, 0.05) is 54.0 Å². The molecule has 188 valence electrons. The molecule has 37 heavy (non-hydrogen) atoms. The van der Waals surface area contributed by atoms with E-state index >= 15 is 0 Å². The third-order valence-corrected chi connectivity index (χ3v) is 7.66. The Morgan fingerprint density at radius 3 is 2.76 bits per heavy atom. The standard InChI is InChI=1S/C28H27N5O4/c1-28(2)21-12-24(31-16-10-22-27(30-13-16)36-15-18-6-8-26(35)33(18)22)29-14-20(21)19-7-5-17(11-23(19)37-28)32-9-3-4-25(32)34/h5,7,10-14,18H,3-4,6,8-9,15H2,1-2H3,(H,29,31)/t18-/m1/s1. The highest BCUT2D eigenvalue weighted by molar-refractivity contribution is 5.98. The predicted octanol–water partition coefficient (Wildman–Crippen LogP) is 4.53. The van der Waals surface area contributed by atoms with Gasteiger partial charge in [0.2, 0.25) is 17.7 Å². The number of ether oxygens (including phenoxy) is 2.